The van der Waals surface area contributed by atoms with E-state index in [0.29, 0.717) is 0 Å². The van der Waals surface area contributed by atoms with Gasteiger partial charge in [-0.3, -0.25) is 4.68 Å². The Hall–Kier alpha value is -2.13. The second-order valence-electron chi connectivity index (χ2n) is 5.16. The van der Waals surface area contributed by atoms with Crippen LogP contribution in [0, 0.1) is 6.92 Å². The zero-order chi connectivity index (χ0) is 14.1. The van der Waals surface area contributed by atoms with Crippen LogP contribution in [0.5, 0.6) is 0 Å². The number of nitrogens with one attached hydrogen (secondary N) is 1. The fourth-order valence-corrected chi connectivity index (χ4v) is 2.77. The maximum absolute atomic E-state index is 4.72. The van der Waals surface area contributed by atoms with Gasteiger partial charge in [-0.1, -0.05) is 48.0 Å². The first-order valence-corrected chi connectivity index (χ1v) is 6.86. The molecule has 2 aromatic carbocycles. The molecule has 0 fully saturated rings. The van der Waals surface area contributed by atoms with Crippen molar-refractivity contribution in [1.29, 1.82) is 0 Å². The Bertz CT molecular complexity index is 743. The van der Waals surface area contributed by atoms with Crippen LogP contribution >= 0.6 is 0 Å². The quantitative estimate of drug-likeness (QED) is 0.788. The molecule has 20 heavy (non-hydrogen) atoms. The summed E-state index contributed by atoms with van der Waals surface area (Å²) in [5, 5.41) is 9.32. The topological polar surface area (TPSA) is 29.9 Å². The van der Waals surface area contributed by atoms with Gasteiger partial charge < -0.3 is 5.32 Å². The van der Waals surface area contributed by atoms with Crippen molar-refractivity contribution in [2.24, 2.45) is 7.05 Å². The summed E-state index contributed by atoms with van der Waals surface area (Å²) in [6.45, 7) is 2.12. The van der Waals surface area contributed by atoms with Gasteiger partial charge in [-0.2, -0.15) is 5.10 Å². The lowest BCUT2D eigenvalue weighted by atomic mass is 9.99. The Kier molecular flexibility index (Phi) is 3.28. The second-order valence-corrected chi connectivity index (χ2v) is 5.16. The summed E-state index contributed by atoms with van der Waals surface area (Å²) in [4.78, 5) is 0. The second kappa shape index (κ2) is 5.10. The van der Waals surface area contributed by atoms with E-state index in [9.17, 15) is 0 Å². The summed E-state index contributed by atoms with van der Waals surface area (Å²) in [6, 6.07) is 17.0. The lowest BCUT2D eigenvalue weighted by molar-refractivity contribution is 0.648. The number of fused-ring (bicyclic) bond motifs is 1. The van der Waals surface area contributed by atoms with Gasteiger partial charge >= 0.3 is 0 Å². The molecule has 0 aliphatic carbocycles. The molecular weight excluding hydrogens is 246 g/mol. The standard InChI is InChI=1S/C17H19N3/c1-12-7-6-8-13(11-12)16(18-2)17-14-9-4-5-10-15(14)20(3)19-17/h4-11,16,18H,1-3H3. The molecule has 1 N–H and O–H groups in total. The van der Waals surface area contributed by atoms with Gasteiger partial charge in [-0.25, -0.2) is 0 Å². The van der Waals surface area contributed by atoms with Gasteiger partial charge in [0.2, 0.25) is 0 Å². The van der Waals surface area contributed by atoms with E-state index in [4.69, 9.17) is 5.10 Å². The van der Waals surface area contributed by atoms with Crippen LogP contribution in [0.15, 0.2) is 48.5 Å². The van der Waals surface area contributed by atoms with Crippen molar-refractivity contribution in [3.63, 3.8) is 0 Å². The molecule has 3 heteroatoms. The summed E-state index contributed by atoms with van der Waals surface area (Å²) in [5.41, 5.74) is 4.76. The van der Waals surface area contributed by atoms with E-state index >= 15 is 0 Å². The van der Waals surface area contributed by atoms with E-state index in [1.54, 1.807) is 0 Å². The van der Waals surface area contributed by atoms with Crippen LogP contribution in [0.2, 0.25) is 0 Å². The van der Waals surface area contributed by atoms with E-state index in [-0.39, 0.29) is 6.04 Å². The number of hydrogen-bond donors (Lipinski definition) is 1. The van der Waals surface area contributed by atoms with E-state index in [1.807, 2.05) is 18.8 Å². The van der Waals surface area contributed by atoms with Gasteiger partial charge in [-0.05, 0) is 25.6 Å². The molecule has 1 unspecified atom stereocenters. The molecule has 3 rings (SSSR count). The van der Waals surface area contributed by atoms with Gasteiger partial charge in [0.05, 0.1) is 17.3 Å². The molecule has 102 valence electrons. The van der Waals surface area contributed by atoms with Crippen LogP contribution in [0.1, 0.15) is 22.9 Å². The molecule has 0 amide bonds. The smallest absolute Gasteiger partial charge is 0.0917 e. The summed E-state index contributed by atoms with van der Waals surface area (Å²) in [7, 11) is 3.98. The van der Waals surface area contributed by atoms with Crippen molar-refractivity contribution in [2.45, 2.75) is 13.0 Å². The highest BCUT2D eigenvalue weighted by Gasteiger charge is 2.19. The summed E-state index contributed by atoms with van der Waals surface area (Å²) < 4.78 is 1.95. The lowest BCUT2D eigenvalue weighted by Crippen LogP contribution is -2.18. The van der Waals surface area contributed by atoms with E-state index in [0.717, 1.165) is 11.2 Å². The predicted octanol–water partition coefficient (Wildman–Crippen LogP) is 3.19. The molecular formula is C17H19N3. The van der Waals surface area contributed by atoms with E-state index in [1.165, 1.54) is 16.5 Å². The summed E-state index contributed by atoms with van der Waals surface area (Å²) >= 11 is 0. The molecule has 3 nitrogen and oxygen atoms in total. The molecule has 0 aliphatic rings. The normalized spacial score (nSPS) is 12.8. The highest BCUT2D eigenvalue weighted by Crippen LogP contribution is 2.28. The minimum atomic E-state index is 0.112. The molecule has 0 bridgehead atoms. The average molecular weight is 265 g/mol. The number of rotatable bonds is 3. The zero-order valence-electron chi connectivity index (χ0n) is 12.1. The Morgan fingerprint density at radius 3 is 2.65 bits per heavy atom. The van der Waals surface area contributed by atoms with E-state index < -0.39 is 0 Å². The average Bonchev–Trinajstić information content (AvgIpc) is 2.78. The molecule has 1 atom stereocenters. The number of aromatic nitrogens is 2. The summed E-state index contributed by atoms with van der Waals surface area (Å²) in [6.07, 6.45) is 0. The number of nitrogens with zero attached hydrogens (tertiary/aromatic N) is 2. The Morgan fingerprint density at radius 1 is 1.10 bits per heavy atom. The van der Waals surface area contributed by atoms with Gasteiger partial charge in [0.1, 0.15) is 0 Å². The lowest BCUT2D eigenvalue weighted by Gasteiger charge is -2.15. The molecule has 0 spiro atoms. The number of para-hydroxylation sites is 1. The maximum Gasteiger partial charge on any atom is 0.0917 e. The molecule has 1 aromatic heterocycles. The first-order valence-electron chi connectivity index (χ1n) is 6.86. The monoisotopic (exact) mass is 265 g/mol. The van der Waals surface area contributed by atoms with Crippen LogP contribution < -0.4 is 5.32 Å². The molecule has 1 heterocycles. The molecule has 0 aliphatic heterocycles. The highest BCUT2D eigenvalue weighted by atomic mass is 15.3. The maximum atomic E-state index is 4.72. The number of hydrogen-bond acceptors (Lipinski definition) is 2. The molecule has 0 radical (unpaired) electrons. The van der Waals surface area contributed by atoms with Crippen molar-refractivity contribution in [3.05, 3.63) is 65.4 Å². The Morgan fingerprint density at radius 2 is 1.90 bits per heavy atom. The molecule has 0 saturated carbocycles. The van der Waals surface area contributed by atoms with Gasteiger partial charge in [0.15, 0.2) is 0 Å². The Labute approximate surface area is 119 Å². The van der Waals surface area contributed by atoms with Gasteiger partial charge in [-0.15, -0.1) is 0 Å². The van der Waals surface area contributed by atoms with Crippen molar-refractivity contribution in [1.82, 2.24) is 15.1 Å². The first-order chi connectivity index (χ1) is 9.70. The van der Waals surface area contributed by atoms with E-state index in [2.05, 4.69) is 60.8 Å². The predicted molar refractivity (Wildman–Crippen MR) is 82.8 cm³/mol. The summed E-state index contributed by atoms with van der Waals surface area (Å²) in [5.74, 6) is 0. The molecule has 3 aromatic rings. The molecule has 0 saturated heterocycles. The van der Waals surface area contributed by atoms with Crippen molar-refractivity contribution in [2.75, 3.05) is 7.05 Å². The third kappa shape index (κ3) is 2.10. The van der Waals surface area contributed by atoms with Crippen LogP contribution in [-0.4, -0.2) is 16.8 Å². The SMILES string of the molecule is CNC(c1cccc(C)c1)c1nn(C)c2ccccc12. The largest absolute Gasteiger partial charge is 0.308 e. The van der Waals surface area contributed by atoms with Crippen LogP contribution in [0.4, 0.5) is 0 Å². The van der Waals surface area contributed by atoms with Crippen molar-refractivity contribution < 1.29 is 0 Å². The minimum Gasteiger partial charge on any atom is -0.308 e. The van der Waals surface area contributed by atoms with Crippen LogP contribution in [0.25, 0.3) is 10.9 Å². The fourth-order valence-electron chi connectivity index (χ4n) is 2.77. The van der Waals surface area contributed by atoms with Crippen molar-refractivity contribution >= 4 is 10.9 Å². The Balaban J connectivity index is 2.17. The zero-order valence-corrected chi connectivity index (χ0v) is 12.1. The number of benzene rings is 2. The van der Waals surface area contributed by atoms with Gasteiger partial charge in [0.25, 0.3) is 0 Å². The van der Waals surface area contributed by atoms with Gasteiger partial charge in [0, 0.05) is 12.4 Å². The first kappa shape index (κ1) is 12.9. The fraction of sp³-hybridized carbons (Fsp3) is 0.235. The third-order valence-corrected chi connectivity index (χ3v) is 3.72. The van der Waals surface area contributed by atoms with Crippen molar-refractivity contribution in [3.8, 4) is 0 Å². The number of aryl methyl sites for hydroxylation is 2. The van der Waals surface area contributed by atoms with Crippen LogP contribution in [-0.2, 0) is 7.05 Å². The minimum absolute atomic E-state index is 0.112. The highest BCUT2D eigenvalue weighted by molar-refractivity contribution is 5.82. The third-order valence-electron chi connectivity index (χ3n) is 3.72. The van der Waals surface area contributed by atoms with Crippen LogP contribution in [0.3, 0.4) is 0 Å².